The highest BCUT2D eigenvalue weighted by Gasteiger charge is 2.27. The zero-order valence-electron chi connectivity index (χ0n) is 8.53. The third kappa shape index (κ3) is 1.63. The van der Waals surface area contributed by atoms with Gasteiger partial charge in [0.05, 0.1) is 0 Å². The molecule has 0 aromatic rings. The molecule has 70 valence electrons. The van der Waals surface area contributed by atoms with Gasteiger partial charge in [-0.25, -0.2) is 0 Å². The van der Waals surface area contributed by atoms with Crippen molar-refractivity contribution < 1.29 is 0 Å². The Morgan fingerprint density at radius 1 is 1.31 bits per heavy atom. The number of hydrogen-bond donors (Lipinski definition) is 0. The van der Waals surface area contributed by atoms with Gasteiger partial charge in [-0.3, -0.25) is 0 Å². The molecule has 0 bridgehead atoms. The minimum absolute atomic E-state index is 0.768. The molecule has 2 aliphatic carbocycles. The predicted octanol–water partition coefficient (Wildman–Crippen LogP) is 3.72. The number of rotatable bonds is 1. The van der Waals surface area contributed by atoms with Gasteiger partial charge in [-0.05, 0) is 30.6 Å². The molecule has 0 aromatic heterocycles. The van der Waals surface area contributed by atoms with Crippen molar-refractivity contribution in [3.63, 3.8) is 0 Å². The van der Waals surface area contributed by atoms with E-state index in [0.29, 0.717) is 0 Å². The molecule has 2 atom stereocenters. The van der Waals surface area contributed by atoms with E-state index in [1.54, 1.807) is 5.57 Å². The van der Waals surface area contributed by atoms with Crippen LogP contribution in [-0.4, -0.2) is 0 Å². The number of fused-ring (bicyclic) bond motifs is 1. The van der Waals surface area contributed by atoms with Gasteiger partial charge in [-0.1, -0.05) is 49.8 Å². The van der Waals surface area contributed by atoms with Gasteiger partial charge in [0, 0.05) is 0 Å². The van der Waals surface area contributed by atoms with Crippen molar-refractivity contribution in [1.82, 2.24) is 0 Å². The van der Waals surface area contributed by atoms with Gasteiger partial charge in [0.1, 0.15) is 0 Å². The normalized spacial score (nSPS) is 31.8. The number of hydrogen-bond acceptors (Lipinski definition) is 0. The summed E-state index contributed by atoms with van der Waals surface area (Å²) in [6.07, 6.45) is 14.0. The SMILES string of the molecule is CC(C)C1C=CCC2=CC=CCC21. The van der Waals surface area contributed by atoms with Crippen LogP contribution < -0.4 is 0 Å². The maximum atomic E-state index is 2.42. The monoisotopic (exact) mass is 174 g/mol. The Labute approximate surface area is 81.0 Å². The molecule has 0 aromatic carbocycles. The van der Waals surface area contributed by atoms with Crippen LogP contribution in [0, 0.1) is 17.8 Å². The van der Waals surface area contributed by atoms with E-state index in [-0.39, 0.29) is 0 Å². The van der Waals surface area contributed by atoms with Crippen molar-refractivity contribution in [2.24, 2.45) is 17.8 Å². The summed E-state index contributed by atoms with van der Waals surface area (Å²) >= 11 is 0. The maximum absolute atomic E-state index is 2.42. The van der Waals surface area contributed by atoms with Crippen LogP contribution in [0.3, 0.4) is 0 Å². The van der Waals surface area contributed by atoms with Gasteiger partial charge in [-0.15, -0.1) is 0 Å². The molecule has 0 N–H and O–H groups in total. The summed E-state index contributed by atoms with van der Waals surface area (Å²) in [5.74, 6) is 2.34. The molecule has 2 aliphatic rings. The molecule has 0 fully saturated rings. The van der Waals surface area contributed by atoms with Gasteiger partial charge in [0.2, 0.25) is 0 Å². The second kappa shape index (κ2) is 3.53. The highest BCUT2D eigenvalue weighted by atomic mass is 14.3. The van der Waals surface area contributed by atoms with E-state index in [1.807, 2.05) is 0 Å². The first-order valence-corrected chi connectivity index (χ1v) is 5.31. The second-order valence-electron chi connectivity index (χ2n) is 4.47. The van der Waals surface area contributed by atoms with Crippen LogP contribution in [0.25, 0.3) is 0 Å². The smallest absolute Gasteiger partial charge is 0.00969 e. The van der Waals surface area contributed by atoms with E-state index < -0.39 is 0 Å². The molecule has 0 nitrogen and oxygen atoms in total. The molecule has 0 saturated heterocycles. The average molecular weight is 174 g/mol. The van der Waals surface area contributed by atoms with Gasteiger partial charge >= 0.3 is 0 Å². The highest BCUT2D eigenvalue weighted by Crippen LogP contribution is 2.38. The lowest BCUT2D eigenvalue weighted by Gasteiger charge is -2.33. The molecular formula is C13H18. The van der Waals surface area contributed by atoms with Crippen molar-refractivity contribution in [3.8, 4) is 0 Å². The zero-order valence-corrected chi connectivity index (χ0v) is 8.53. The minimum atomic E-state index is 0.768. The topological polar surface area (TPSA) is 0 Å². The molecule has 0 saturated carbocycles. The van der Waals surface area contributed by atoms with Crippen LogP contribution >= 0.6 is 0 Å². The molecule has 0 heterocycles. The lowest BCUT2D eigenvalue weighted by Crippen LogP contribution is -2.23. The first-order chi connectivity index (χ1) is 6.29. The summed E-state index contributed by atoms with van der Waals surface area (Å²) in [4.78, 5) is 0. The Hall–Kier alpha value is -0.780. The third-order valence-corrected chi connectivity index (χ3v) is 3.26. The summed E-state index contributed by atoms with van der Waals surface area (Å²) in [7, 11) is 0. The van der Waals surface area contributed by atoms with Crippen LogP contribution in [0.5, 0.6) is 0 Å². The highest BCUT2D eigenvalue weighted by molar-refractivity contribution is 5.28. The van der Waals surface area contributed by atoms with Crippen molar-refractivity contribution in [2.45, 2.75) is 26.7 Å². The zero-order chi connectivity index (χ0) is 9.26. The van der Waals surface area contributed by atoms with Crippen LogP contribution in [-0.2, 0) is 0 Å². The molecule has 0 aliphatic heterocycles. The number of allylic oxidation sites excluding steroid dienone is 6. The fraction of sp³-hybridized carbons (Fsp3) is 0.538. The standard InChI is InChI=1S/C13H18/c1-10(2)12-9-5-7-11-6-3-4-8-13(11)12/h3-6,9-10,12-13H,7-8H2,1-2H3. The first kappa shape index (κ1) is 8.80. The fourth-order valence-corrected chi connectivity index (χ4v) is 2.50. The van der Waals surface area contributed by atoms with Crippen molar-refractivity contribution in [3.05, 3.63) is 36.0 Å². The van der Waals surface area contributed by atoms with E-state index in [1.165, 1.54) is 12.8 Å². The van der Waals surface area contributed by atoms with E-state index in [2.05, 4.69) is 44.2 Å². The molecule has 2 unspecified atom stereocenters. The Kier molecular flexibility index (Phi) is 2.39. The minimum Gasteiger partial charge on any atom is -0.0842 e. The summed E-state index contributed by atoms with van der Waals surface area (Å²) in [6, 6.07) is 0. The maximum Gasteiger partial charge on any atom is -0.00969 e. The van der Waals surface area contributed by atoms with Crippen LogP contribution in [0.1, 0.15) is 26.7 Å². The summed E-state index contributed by atoms with van der Waals surface area (Å²) in [6.45, 7) is 4.66. The van der Waals surface area contributed by atoms with E-state index >= 15 is 0 Å². The molecule has 13 heavy (non-hydrogen) atoms. The lowest BCUT2D eigenvalue weighted by molar-refractivity contribution is 0.338. The van der Waals surface area contributed by atoms with Crippen LogP contribution in [0.15, 0.2) is 36.0 Å². The molecule has 0 amide bonds. The molecule has 0 heteroatoms. The van der Waals surface area contributed by atoms with Crippen molar-refractivity contribution in [2.75, 3.05) is 0 Å². The molecular weight excluding hydrogens is 156 g/mol. The van der Waals surface area contributed by atoms with Crippen LogP contribution in [0.2, 0.25) is 0 Å². The first-order valence-electron chi connectivity index (χ1n) is 5.31. The Morgan fingerprint density at radius 3 is 2.92 bits per heavy atom. The Balaban J connectivity index is 2.23. The average Bonchev–Trinajstić information content (AvgIpc) is 2.17. The summed E-state index contributed by atoms with van der Waals surface area (Å²) in [5.41, 5.74) is 1.64. The molecule has 0 spiro atoms. The third-order valence-electron chi connectivity index (χ3n) is 3.26. The van der Waals surface area contributed by atoms with Gasteiger partial charge < -0.3 is 0 Å². The van der Waals surface area contributed by atoms with Crippen molar-refractivity contribution >= 4 is 0 Å². The van der Waals surface area contributed by atoms with Gasteiger partial charge in [0.25, 0.3) is 0 Å². The van der Waals surface area contributed by atoms with E-state index in [4.69, 9.17) is 0 Å². The van der Waals surface area contributed by atoms with Gasteiger partial charge in [-0.2, -0.15) is 0 Å². The van der Waals surface area contributed by atoms with Gasteiger partial charge in [0.15, 0.2) is 0 Å². The molecule has 0 radical (unpaired) electrons. The van der Waals surface area contributed by atoms with Crippen LogP contribution in [0.4, 0.5) is 0 Å². The second-order valence-corrected chi connectivity index (χ2v) is 4.47. The van der Waals surface area contributed by atoms with Crippen molar-refractivity contribution in [1.29, 1.82) is 0 Å². The Morgan fingerprint density at radius 2 is 2.15 bits per heavy atom. The largest absolute Gasteiger partial charge is 0.0842 e. The fourth-order valence-electron chi connectivity index (χ4n) is 2.50. The predicted molar refractivity (Wildman–Crippen MR) is 57.4 cm³/mol. The van der Waals surface area contributed by atoms with E-state index in [9.17, 15) is 0 Å². The Bertz CT molecular complexity index is 266. The molecule has 2 rings (SSSR count). The summed E-state index contributed by atoms with van der Waals surface area (Å²) in [5, 5.41) is 0. The quantitative estimate of drug-likeness (QED) is 0.531. The lowest BCUT2D eigenvalue weighted by atomic mass is 9.72. The van der Waals surface area contributed by atoms with E-state index in [0.717, 1.165) is 17.8 Å². The summed E-state index contributed by atoms with van der Waals surface area (Å²) < 4.78 is 0.